The van der Waals surface area contributed by atoms with Gasteiger partial charge in [-0.3, -0.25) is 0 Å². The average molecular weight is 465 g/mol. The second-order valence-electron chi connectivity index (χ2n) is 7.98. The number of ether oxygens (including phenoxy) is 1. The molecule has 34 heavy (non-hydrogen) atoms. The van der Waals surface area contributed by atoms with Crippen LogP contribution in [0.3, 0.4) is 0 Å². The van der Waals surface area contributed by atoms with E-state index in [-0.39, 0.29) is 18.1 Å². The lowest BCUT2D eigenvalue weighted by atomic mass is 10.1. The van der Waals surface area contributed by atoms with E-state index in [4.69, 9.17) is 4.74 Å². The summed E-state index contributed by atoms with van der Waals surface area (Å²) in [5.41, 5.74) is 0.777. The first-order chi connectivity index (χ1) is 16.6. The fourth-order valence-electron chi connectivity index (χ4n) is 3.08. The van der Waals surface area contributed by atoms with Gasteiger partial charge in [-0.1, -0.05) is 118 Å². The summed E-state index contributed by atoms with van der Waals surface area (Å²) in [6.45, 7) is 2.45. The smallest absolute Gasteiger partial charge is 0.330 e. The lowest BCUT2D eigenvalue weighted by Gasteiger charge is -2.04. The van der Waals surface area contributed by atoms with E-state index in [0.717, 1.165) is 12.0 Å². The highest BCUT2D eigenvalue weighted by Crippen LogP contribution is 2.24. The molecule has 1 rings (SSSR count). The molecule has 0 aliphatic carbocycles. The quantitative estimate of drug-likeness (QED) is 0.0816. The van der Waals surface area contributed by atoms with E-state index < -0.39 is 5.97 Å². The Balaban J connectivity index is 2.08. The largest absolute Gasteiger partial charge is 0.504 e. The number of allylic oxidation sites excluding steroid dienone is 11. The Kier molecular flexibility index (Phi) is 17.2. The summed E-state index contributed by atoms with van der Waals surface area (Å²) in [6.07, 6.45) is 33.7. The van der Waals surface area contributed by atoms with E-state index in [1.54, 1.807) is 18.2 Å². The Morgan fingerprint density at radius 3 is 2.00 bits per heavy atom. The third-order valence-electron chi connectivity index (χ3n) is 5.02. The zero-order valence-electron chi connectivity index (χ0n) is 20.4. The minimum absolute atomic E-state index is 0.169. The highest BCUT2D eigenvalue weighted by Gasteiger charge is 2.02. The molecule has 0 unspecified atom stereocenters. The number of phenolic OH excluding ortho intramolecular Hbond substituents is 2. The van der Waals surface area contributed by atoms with Gasteiger partial charge in [-0.2, -0.15) is 0 Å². The number of unbranched alkanes of at least 4 members (excludes halogenated alkanes) is 7. The Hall–Kier alpha value is -3.27. The molecule has 184 valence electrons. The molecule has 2 N–H and O–H groups in total. The molecule has 0 saturated heterocycles. The summed E-state index contributed by atoms with van der Waals surface area (Å²) in [6, 6.07) is 4.53. The van der Waals surface area contributed by atoms with Crippen LogP contribution in [0.4, 0.5) is 0 Å². The van der Waals surface area contributed by atoms with E-state index in [0.29, 0.717) is 6.42 Å². The molecule has 0 aromatic heterocycles. The first kappa shape index (κ1) is 28.8. The van der Waals surface area contributed by atoms with Gasteiger partial charge in [-0.05, 0) is 30.5 Å². The summed E-state index contributed by atoms with van der Waals surface area (Å²) in [5.74, 6) is -0.779. The highest BCUT2D eigenvalue weighted by molar-refractivity contribution is 5.82. The van der Waals surface area contributed by atoms with Crippen LogP contribution >= 0.6 is 0 Å². The standard InChI is InChI=1S/C30H40O4/c1-2-3-4-5-6-7-8-9-10-11-12-13-14-15-16-17-18-19-20-21-30(33)34-25-24-27-22-23-28(31)29(32)26-27/h10-23,26,31-32H,2-9,24-25H2,1H3/b11-10+,13-12+,15-14+,17-16+,19-18+,21-20+. The van der Waals surface area contributed by atoms with Crippen molar-refractivity contribution in [1.82, 2.24) is 0 Å². The fraction of sp³-hybridized carbons (Fsp3) is 0.367. The molecule has 0 aliphatic rings. The van der Waals surface area contributed by atoms with Gasteiger partial charge < -0.3 is 14.9 Å². The van der Waals surface area contributed by atoms with Crippen molar-refractivity contribution < 1.29 is 19.7 Å². The number of hydrogen-bond donors (Lipinski definition) is 2. The van der Waals surface area contributed by atoms with E-state index in [1.165, 1.54) is 63.2 Å². The van der Waals surface area contributed by atoms with Gasteiger partial charge in [0.15, 0.2) is 11.5 Å². The third-order valence-corrected chi connectivity index (χ3v) is 5.02. The van der Waals surface area contributed by atoms with Crippen LogP contribution in [-0.2, 0) is 16.0 Å². The lowest BCUT2D eigenvalue weighted by molar-refractivity contribution is -0.137. The van der Waals surface area contributed by atoms with Crippen molar-refractivity contribution in [3.05, 3.63) is 96.7 Å². The Bertz CT molecular complexity index is 857. The summed E-state index contributed by atoms with van der Waals surface area (Å²) in [4.78, 5) is 11.7. The number of phenols is 2. The Labute approximate surface area is 205 Å². The molecular weight excluding hydrogens is 424 g/mol. The van der Waals surface area contributed by atoms with Crippen LogP contribution < -0.4 is 0 Å². The van der Waals surface area contributed by atoms with Crippen LogP contribution in [-0.4, -0.2) is 22.8 Å². The van der Waals surface area contributed by atoms with Gasteiger partial charge >= 0.3 is 5.97 Å². The zero-order valence-corrected chi connectivity index (χ0v) is 20.4. The molecule has 0 aliphatic heterocycles. The van der Waals surface area contributed by atoms with Crippen molar-refractivity contribution >= 4 is 5.97 Å². The molecule has 0 fully saturated rings. The van der Waals surface area contributed by atoms with Crippen molar-refractivity contribution in [2.24, 2.45) is 0 Å². The highest BCUT2D eigenvalue weighted by atomic mass is 16.5. The van der Waals surface area contributed by atoms with Crippen LogP contribution in [0.1, 0.15) is 63.9 Å². The van der Waals surface area contributed by atoms with E-state index in [1.807, 2.05) is 42.5 Å². The van der Waals surface area contributed by atoms with Crippen LogP contribution in [0, 0.1) is 0 Å². The monoisotopic (exact) mass is 464 g/mol. The molecule has 4 nitrogen and oxygen atoms in total. The Morgan fingerprint density at radius 1 is 0.765 bits per heavy atom. The molecule has 0 atom stereocenters. The molecule has 0 saturated carbocycles. The molecule has 1 aromatic carbocycles. The molecule has 0 heterocycles. The number of carbonyl (C=O) groups excluding carboxylic acids is 1. The molecule has 4 heteroatoms. The number of benzene rings is 1. The second-order valence-corrected chi connectivity index (χ2v) is 7.98. The summed E-state index contributed by atoms with van der Waals surface area (Å²) >= 11 is 0. The van der Waals surface area contributed by atoms with Crippen molar-refractivity contribution in [2.45, 2.75) is 64.7 Å². The number of hydrogen-bond acceptors (Lipinski definition) is 4. The van der Waals surface area contributed by atoms with E-state index >= 15 is 0 Å². The van der Waals surface area contributed by atoms with Crippen molar-refractivity contribution in [1.29, 1.82) is 0 Å². The van der Waals surface area contributed by atoms with Crippen LogP contribution in [0.15, 0.2) is 91.1 Å². The van der Waals surface area contributed by atoms with Gasteiger partial charge in [0.25, 0.3) is 0 Å². The summed E-state index contributed by atoms with van der Waals surface area (Å²) < 4.78 is 5.11. The SMILES string of the molecule is CCCCCCCCC/C=C/C=C/C=C/C=C/C=C/C=C/C(=O)OCCc1ccc(O)c(O)c1. The van der Waals surface area contributed by atoms with Gasteiger partial charge in [0.1, 0.15) is 0 Å². The molecule has 1 aromatic rings. The van der Waals surface area contributed by atoms with Gasteiger partial charge in [0.2, 0.25) is 0 Å². The summed E-state index contributed by atoms with van der Waals surface area (Å²) in [7, 11) is 0. The maximum absolute atomic E-state index is 11.7. The number of rotatable bonds is 17. The van der Waals surface area contributed by atoms with Crippen LogP contribution in [0.5, 0.6) is 11.5 Å². The lowest BCUT2D eigenvalue weighted by Crippen LogP contribution is -2.04. The van der Waals surface area contributed by atoms with Gasteiger partial charge in [0.05, 0.1) is 6.61 Å². The molecular formula is C30H40O4. The third kappa shape index (κ3) is 16.4. The molecule has 0 bridgehead atoms. The number of carbonyl (C=O) groups is 1. The average Bonchev–Trinajstić information content (AvgIpc) is 2.83. The predicted molar refractivity (Wildman–Crippen MR) is 142 cm³/mol. The van der Waals surface area contributed by atoms with Gasteiger partial charge in [-0.25, -0.2) is 4.79 Å². The topological polar surface area (TPSA) is 66.8 Å². The number of esters is 1. The van der Waals surface area contributed by atoms with Crippen molar-refractivity contribution in [2.75, 3.05) is 6.61 Å². The minimum atomic E-state index is -0.429. The van der Waals surface area contributed by atoms with Gasteiger partial charge in [0, 0.05) is 12.5 Å². The van der Waals surface area contributed by atoms with E-state index in [9.17, 15) is 15.0 Å². The van der Waals surface area contributed by atoms with Gasteiger partial charge in [-0.15, -0.1) is 0 Å². The first-order valence-corrected chi connectivity index (χ1v) is 12.3. The first-order valence-electron chi connectivity index (χ1n) is 12.3. The minimum Gasteiger partial charge on any atom is -0.504 e. The maximum Gasteiger partial charge on any atom is 0.330 e. The Morgan fingerprint density at radius 2 is 1.35 bits per heavy atom. The van der Waals surface area contributed by atoms with Crippen LogP contribution in [0.2, 0.25) is 0 Å². The number of aromatic hydroxyl groups is 2. The fourth-order valence-corrected chi connectivity index (χ4v) is 3.08. The molecule has 0 radical (unpaired) electrons. The van der Waals surface area contributed by atoms with Crippen LogP contribution in [0.25, 0.3) is 0 Å². The normalized spacial score (nSPS) is 12.5. The molecule has 0 amide bonds. The van der Waals surface area contributed by atoms with Crippen molar-refractivity contribution in [3.63, 3.8) is 0 Å². The van der Waals surface area contributed by atoms with E-state index in [2.05, 4.69) is 19.1 Å². The maximum atomic E-state index is 11.7. The summed E-state index contributed by atoms with van der Waals surface area (Å²) in [5, 5.41) is 18.7. The molecule has 0 spiro atoms. The second kappa shape index (κ2) is 20.3. The predicted octanol–water partition coefficient (Wildman–Crippen LogP) is 7.66. The zero-order chi connectivity index (χ0) is 24.7. The van der Waals surface area contributed by atoms with Crippen molar-refractivity contribution in [3.8, 4) is 11.5 Å².